The highest BCUT2D eigenvalue weighted by Crippen LogP contribution is 2.22. The van der Waals surface area contributed by atoms with E-state index < -0.39 is 21.7 Å². The van der Waals surface area contributed by atoms with Gasteiger partial charge < -0.3 is 0 Å². The molecule has 0 spiro atoms. The van der Waals surface area contributed by atoms with Gasteiger partial charge in [-0.2, -0.15) is 5.10 Å². The molecule has 0 saturated carbocycles. The molecule has 5 nitrogen and oxygen atoms in total. The van der Waals surface area contributed by atoms with E-state index in [9.17, 15) is 17.2 Å². The van der Waals surface area contributed by atoms with Crippen molar-refractivity contribution in [1.82, 2.24) is 10.2 Å². The maximum Gasteiger partial charge on any atom is 0.265 e. The third-order valence-electron chi connectivity index (χ3n) is 2.81. The van der Waals surface area contributed by atoms with Gasteiger partial charge in [-0.3, -0.25) is 0 Å². The summed E-state index contributed by atoms with van der Waals surface area (Å²) < 4.78 is 52.1. The molecule has 112 valence electrons. The number of hydrogen-bond donors (Lipinski definition) is 0. The molecule has 0 unspecified atom stereocenters. The standard InChI is InChI=1S/C13H13F2N3O2S/c1-3-18(13-7-4-9(2)16-17-13)21(19,20)10-5-6-11(14)12(15)8-10/h4-8H,3H2,1-2H3. The van der Waals surface area contributed by atoms with E-state index >= 15 is 0 Å². The van der Waals surface area contributed by atoms with Crippen LogP contribution in [0.2, 0.25) is 0 Å². The minimum Gasteiger partial charge on any atom is -0.249 e. The summed E-state index contributed by atoms with van der Waals surface area (Å²) in [4.78, 5) is -0.342. The molecule has 1 heterocycles. The first-order chi connectivity index (χ1) is 9.86. The molecule has 0 aliphatic heterocycles. The average molecular weight is 313 g/mol. The average Bonchev–Trinajstić information content (AvgIpc) is 2.44. The van der Waals surface area contributed by atoms with Crippen molar-refractivity contribution in [3.05, 3.63) is 47.7 Å². The van der Waals surface area contributed by atoms with Crippen molar-refractivity contribution in [2.45, 2.75) is 18.7 Å². The zero-order chi connectivity index (χ0) is 15.6. The fourth-order valence-corrected chi connectivity index (χ4v) is 3.17. The molecule has 0 bridgehead atoms. The quantitative estimate of drug-likeness (QED) is 0.869. The van der Waals surface area contributed by atoms with Gasteiger partial charge in [0.15, 0.2) is 17.5 Å². The Labute approximate surface area is 121 Å². The Bertz CT molecular complexity index is 749. The minimum atomic E-state index is -4.03. The topological polar surface area (TPSA) is 63.2 Å². The summed E-state index contributed by atoms with van der Waals surface area (Å²) >= 11 is 0. The number of aryl methyl sites for hydroxylation is 1. The van der Waals surface area contributed by atoms with Gasteiger partial charge in [-0.1, -0.05) is 0 Å². The van der Waals surface area contributed by atoms with E-state index in [0.29, 0.717) is 11.8 Å². The van der Waals surface area contributed by atoms with Gasteiger partial charge in [0.2, 0.25) is 0 Å². The molecule has 21 heavy (non-hydrogen) atoms. The summed E-state index contributed by atoms with van der Waals surface area (Å²) in [6.07, 6.45) is 0. The minimum absolute atomic E-state index is 0.0824. The third-order valence-corrected chi connectivity index (χ3v) is 4.68. The largest absolute Gasteiger partial charge is 0.265 e. The van der Waals surface area contributed by atoms with E-state index in [2.05, 4.69) is 10.2 Å². The zero-order valence-corrected chi connectivity index (χ0v) is 12.2. The number of nitrogens with zero attached hydrogens (tertiary/aromatic N) is 3. The van der Waals surface area contributed by atoms with Crippen LogP contribution in [-0.4, -0.2) is 25.2 Å². The lowest BCUT2D eigenvalue weighted by atomic mass is 10.3. The first-order valence-corrected chi connectivity index (χ1v) is 7.58. The van der Waals surface area contributed by atoms with Crippen LogP contribution in [-0.2, 0) is 10.0 Å². The number of halogens is 2. The number of aromatic nitrogens is 2. The predicted octanol–water partition coefficient (Wildman–Crippen LogP) is 2.28. The molecule has 8 heteroatoms. The van der Waals surface area contributed by atoms with Crippen LogP contribution in [0.1, 0.15) is 12.6 Å². The molecule has 0 aliphatic rings. The first-order valence-electron chi connectivity index (χ1n) is 6.14. The Balaban J connectivity index is 2.49. The Morgan fingerprint density at radius 1 is 1.10 bits per heavy atom. The number of sulfonamides is 1. The monoisotopic (exact) mass is 313 g/mol. The summed E-state index contributed by atoms with van der Waals surface area (Å²) in [6.45, 7) is 3.41. The van der Waals surface area contributed by atoms with Gasteiger partial charge in [0.1, 0.15) is 0 Å². The van der Waals surface area contributed by atoms with Crippen molar-refractivity contribution in [1.29, 1.82) is 0 Å². The Kier molecular flexibility index (Phi) is 4.17. The molecule has 0 aliphatic carbocycles. The van der Waals surface area contributed by atoms with Gasteiger partial charge in [-0.15, -0.1) is 5.10 Å². The molecule has 0 radical (unpaired) electrons. The van der Waals surface area contributed by atoms with Crippen molar-refractivity contribution in [3.8, 4) is 0 Å². The van der Waals surface area contributed by atoms with Crippen LogP contribution >= 0.6 is 0 Å². The second-order valence-electron chi connectivity index (χ2n) is 4.28. The van der Waals surface area contributed by atoms with E-state index in [0.717, 1.165) is 16.4 Å². The Morgan fingerprint density at radius 3 is 2.33 bits per heavy atom. The Hall–Kier alpha value is -2.09. The van der Waals surface area contributed by atoms with Crippen LogP contribution in [0.3, 0.4) is 0 Å². The van der Waals surface area contributed by atoms with E-state index in [1.807, 2.05) is 0 Å². The summed E-state index contributed by atoms with van der Waals surface area (Å²) in [7, 11) is -4.03. The van der Waals surface area contributed by atoms with Crippen LogP contribution in [0, 0.1) is 18.6 Å². The molecule has 1 aromatic heterocycles. The van der Waals surface area contributed by atoms with Gasteiger partial charge in [-0.05, 0) is 44.2 Å². The van der Waals surface area contributed by atoms with Crippen LogP contribution in [0.4, 0.5) is 14.6 Å². The molecular formula is C13H13F2N3O2S. The van der Waals surface area contributed by atoms with Gasteiger partial charge in [0.25, 0.3) is 10.0 Å². The van der Waals surface area contributed by atoms with Gasteiger partial charge >= 0.3 is 0 Å². The lowest BCUT2D eigenvalue weighted by molar-refractivity contribution is 0.504. The normalized spacial score (nSPS) is 11.4. The highest BCUT2D eigenvalue weighted by molar-refractivity contribution is 7.92. The molecule has 1 aromatic carbocycles. The maximum atomic E-state index is 13.2. The SMILES string of the molecule is CCN(c1ccc(C)nn1)S(=O)(=O)c1ccc(F)c(F)c1. The van der Waals surface area contributed by atoms with Gasteiger partial charge in [0, 0.05) is 6.54 Å². The highest BCUT2D eigenvalue weighted by atomic mass is 32.2. The molecule has 0 atom stereocenters. The molecule has 2 aromatic rings. The van der Waals surface area contributed by atoms with Crippen molar-refractivity contribution in [2.75, 3.05) is 10.8 Å². The van der Waals surface area contributed by atoms with Crippen molar-refractivity contribution in [3.63, 3.8) is 0 Å². The Morgan fingerprint density at radius 2 is 1.81 bits per heavy atom. The smallest absolute Gasteiger partial charge is 0.249 e. The second kappa shape index (κ2) is 5.72. The number of rotatable bonds is 4. The maximum absolute atomic E-state index is 13.2. The molecule has 0 amide bonds. The van der Waals surface area contributed by atoms with Crippen molar-refractivity contribution < 1.29 is 17.2 Å². The fraction of sp³-hybridized carbons (Fsp3) is 0.231. The number of benzene rings is 1. The predicted molar refractivity (Wildman–Crippen MR) is 73.3 cm³/mol. The number of hydrogen-bond acceptors (Lipinski definition) is 4. The molecule has 0 saturated heterocycles. The summed E-state index contributed by atoms with van der Waals surface area (Å²) in [5.74, 6) is -2.21. The zero-order valence-electron chi connectivity index (χ0n) is 11.4. The number of anilines is 1. The summed E-state index contributed by atoms with van der Waals surface area (Å²) in [5, 5.41) is 7.61. The van der Waals surface area contributed by atoms with Crippen molar-refractivity contribution >= 4 is 15.8 Å². The van der Waals surface area contributed by atoms with E-state index in [-0.39, 0.29) is 17.3 Å². The molecule has 0 N–H and O–H groups in total. The van der Waals surface area contributed by atoms with Crippen LogP contribution < -0.4 is 4.31 Å². The fourth-order valence-electron chi connectivity index (χ4n) is 1.74. The van der Waals surface area contributed by atoms with Gasteiger partial charge in [-0.25, -0.2) is 21.5 Å². The summed E-state index contributed by atoms with van der Waals surface area (Å²) in [5.41, 5.74) is 0.639. The van der Waals surface area contributed by atoms with Crippen LogP contribution in [0.15, 0.2) is 35.2 Å². The van der Waals surface area contributed by atoms with E-state index in [1.54, 1.807) is 19.9 Å². The second-order valence-corrected chi connectivity index (χ2v) is 6.14. The first kappa shape index (κ1) is 15.3. The van der Waals surface area contributed by atoms with Gasteiger partial charge in [0.05, 0.1) is 10.6 Å². The lowest BCUT2D eigenvalue weighted by Crippen LogP contribution is -2.31. The highest BCUT2D eigenvalue weighted by Gasteiger charge is 2.25. The summed E-state index contributed by atoms with van der Waals surface area (Å²) in [6, 6.07) is 5.55. The lowest BCUT2D eigenvalue weighted by Gasteiger charge is -2.21. The van der Waals surface area contributed by atoms with Crippen molar-refractivity contribution in [2.24, 2.45) is 0 Å². The van der Waals surface area contributed by atoms with E-state index in [1.165, 1.54) is 6.07 Å². The third kappa shape index (κ3) is 2.99. The van der Waals surface area contributed by atoms with E-state index in [4.69, 9.17) is 0 Å². The molecule has 0 fully saturated rings. The molecular weight excluding hydrogens is 300 g/mol. The molecule has 2 rings (SSSR count). The van der Waals surface area contributed by atoms with Crippen LogP contribution in [0.25, 0.3) is 0 Å². The van der Waals surface area contributed by atoms with Crippen LogP contribution in [0.5, 0.6) is 0 Å².